The Morgan fingerprint density at radius 2 is 2.03 bits per heavy atom. The summed E-state index contributed by atoms with van der Waals surface area (Å²) in [5.41, 5.74) is 4.19. The van der Waals surface area contributed by atoms with E-state index in [2.05, 4.69) is 44.6 Å². The van der Waals surface area contributed by atoms with Crippen LogP contribution in [0.25, 0.3) is 11.0 Å². The number of aryl methyl sites for hydroxylation is 1. The molecule has 8 nitrogen and oxygen atoms in total. The Bertz CT molecular complexity index is 1130. The summed E-state index contributed by atoms with van der Waals surface area (Å²) in [5, 5.41) is 8.70. The number of anilines is 3. The molecule has 0 saturated carbocycles. The molecule has 1 saturated heterocycles. The molecule has 0 unspecified atom stereocenters. The molecule has 5 rings (SSSR count). The number of hydrogen-bond donors (Lipinski definition) is 1. The Labute approximate surface area is 168 Å². The summed E-state index contributed by atoms with van der Waals surface area (Å²) in [6.45, 7) is 4.07. The summed E-state index contributed by atoms with van der Waals surface area (Å²) < 4.78 is 9.36. The van der Waals surface area contributed by atoms with Gasteiger partial charge in [-0.3, -0.25) is 0 Å². The van der Waals surface area contributed by atoms with Gasteiger partial charge in [0.1, 0.15) is 0 Å². The number of morpholine rings is 1. The van der Waals surface area contributed by atoms with E-state index in [1.54, 1.807) is 6.20 Å². The quantitative estimate of drug-likeness (QED) is 0.566. The highest BCUT2D eigenvalue weighted by molar-refractivity contribution is 5.75. The first kappa shape index (κ1) is 17.7. The van der Waals surface area contributed by atoms with Gasteiger partial charge in [0, 0.05) is 44.4 Å². The monoisotopic (exact) mass is 389 g/mol. The van der Waals surface area contributed by atoms with E-state index in [1.807, 2.05) is 41.0 Å². The largest absolute Gasteiger partial charge is 0.378 e. The van der Waals surface area contributed by atoms with Crippen LogP contribution in [0, 0.1) is 0 Å². The molecule has 8 heteroatoms. The van der Waals surface area contributed by atoms with E-state index in [4.69, 9.17) is 9.72 Å². The van der Waals surface area contributed by atoms with Crippen molar-refractivity contribution in [2.75, 3.05) is 36.5 Å². The van der Waals surface area contributed by atoms with E-state index >= 15 is 0 Å². The second kappa shape index (κ2) is 7.56. The van der Waals surface area contributed by atoms with Crippen LogP contribution in [0.15, 0.2) is 55.1 Å². The molecule has 0 amide bonds. The van der Waals surface area contributed by atoms with Crippen molar-refractivity contribution >= 4 is 28.4 Å². The van der Waals surface area contributed by atoms with Gasteiger partial charge in [-0.05, 0) is 23.8 Å². The van der Waals surface area contributed by atoms with Crippen molar-refractivity contribution in [2.24, 2.45) is 7.05 Å². The lowest BCUT2D eigenvalue weighted by molar-refractivity contribution is 0.122. The van der Waals surface area contributed by atoms with Crippen LogP contribution in [0.3, 0.4) is 0 Å². The molecule has 3 aromatic heterocycles. The van der Waals surface area contributed by atoms with Gasteiger partial charge in [-0.15, -0.1) is 0 Å². The first-order valence-electron chi connectivity index (χ1n) is 9.74. The highest BCUT2D eigenvalue weighted by Crippen LogP contribution is 2.20. The summed E-state index contributed by atoms with van der Waals surface area (Å²) in [4.78, 5) is 11.5. The highest BCUT2D eigenvalue weighted by Gasteiger charge is 2.12. The fourth-order valence-corrected chi connectivity index (χ4v) is 3.59. The number of benzene rings is 1. The Hall–Kier alpha value is -3.39. The van der Waals surface area contributed by atoms with E-state index in [0.29, 0.717) is 12.5 Å². The zero-order valence-corrected chi connectivity index (χ0v) is 16.3. The first-order chi connectivity index (χ1) is 14.2. The molecule has 1 aliphatic heterocycles. The summed E-state index contributed by atoms with van der Waals surface area (Å²) in [6, 6.07) is 10.6. The van der Waals surface area contributed by atoms with Crippen LogP contribution in [-0.4, -0.2) is 50.6 Å². The lowest BCUT2D eigenvalue weighted by atomic mass is 10.2. The minimum atomic E-state index is 0.563. The van der Waals surface area contributed by atoms with Gasteiger partial charge in [0.2, 0.25) is 5.95 Å². The summed E-state index contributed by atoms with van der Waals surface area (Å²) in [5.74, 6) is 0.563. The minimum absolute atomic E-state index is 0.563. The van der Waals surface area contributed by atoms with Crippen molar-refractivity contribution in [2.45, 2.75) is 6.54 Å². The molecule has 29 heavy (non-hydrogen) atoms. The summed E-state index contributed by atoms with van der Waals surface area (Å²) in [7, 11) is 1.98. The number of ether oxygens (including phenoxy) is 1. The molecule has 1 aromatic carbocycles. The topological polar surface area (TPSA) is 73.0 Å². The van der Waals surface area contributed by atoms with Crippen molar-refractivity contribution in [3.8, 4) is 0 Å². The smallest absolute Gasteiger partial charge is 0.229 e. The Morgan fingerprint density at radius 3 is 2.86 bits per heavy atom. The second-order valence-corrected chi connectivity index (χ2v) is 7.23. The lowest BCUT2D eigenvalue weighted by Gasteiger charge is -2.29. The molecular formula is C21H23N7O. The SMILES string of the molecule is Cn1ccc(Nc2ncc3cnn(Cc4cccc(N5CCOCC5)c4)c3n2)c1. The second-order valence-electron chi connectivity index (χ2n) is 7.23. The van der Waals surface area contributed by atoms with Gasteiger partial charge < -0.3 is 19.5 Å². The van der Waals surface area contributed by atoms with E-state index in [9.17, 15) is 0 Å². The molecule has 0 atom stereocenters. The molecule has 0 spiro atoms. The van der Waals surface area contributed by atoms with E-state index in [-0.39, 0.29) is 0 Å². The molecule has 0 radical (unpaired) electrons. The van der Waals surface area contributed by atoms with E-state index < -0.39 is 0 Å². The first-order valence-corrected chi connectivity index (χ1v) is 9.74. The molecule has 0 aliphatic carbocycles. The number of nitrogens with zero attached hydrogens (tertiary/aromatic N) is 6. The standard InChI is InChI=1S/C21H23N7O/c1-26-6-5-18(15-26)24-21-22-12-17-13-23-28(20(17)25-21)14-16-3-2-4-19(11-16)27-7-9-29-10-8-27/h2-6,11-13,15H,7-10,14H2,1H3,(H,22,24,25). The number of hydrogen-bond acceptors (Lipinski definition) is 6. The third-order valence-corrected chi connectivity index (χ3v) is 5.08. The van der Waals surface area contributed by atoms with Crippen molar-refractivity contribution in [1.29, 1.82) is 0 Å². The Morgan fingerprint density at radius 1 is 1.14 bits per heavy atom. The number of nitrogens with one attached hydrogen (secondary N) is 1. The van der Waals surface area contributed by atoms with Crippen molar-refractivity contribution in [3.05, 3.63) is 60.7 Å². The van der Waals surface area contributed by atoms with Gasteiger partial charge in [0.25, 0.3) is 0 Å². The Kier molecular flexibility index (Phi) is 4.61. The molecular weight excluding hydrogens is 366 g/mol. The summed E-state index contributed by atoms with van der Waals surface area (Å²) >= 11 is 0. The van der Waals surface area contributed by atoms with Crippen LogP contribution < -0.4 is 10.2 Å². The van der Waals surface area contributed by atoms with Gasteiger partial charge in [0.05, 0.1) is 37.0 Å². The maximum Gasteiger partial charge on any atom is 0.229 e. The van der Waals surface area contributed by atoms with Crippen LogP contribution >= 0.6 is 0 Å². The molecule has 1 aliphatic rings. The minimum Gasteiger partial charge on any atom is -0.378 e. The normalized spacial score (nSPS) is 14.4. The predicted octanol–water partition coefficient (Wildman–Crippen LogP) is 2.79. The lowest BCUT2D eigenvalue weighted by Crippen LogP contribution is -2.36. The van der Waals surface area contributed by atoms with Crippen molar-refractivity contribution in [3.63, 3.8) is 0 Å². The van der Waals surface area contributed by atoms with Crippen molar-refractivity contribution < 1.29 is 4.74 Å². The zero-order valence-electron chi connectivity index (χ0n) is 16.3. The average Bonchev–Trinajstić information content (AvgIpc) is 3.35. The maximum atomic E-state index is 5.46. The van der Waals surface area contributed by atoms with Crippen LogP contribution in [0.1, 0.15) is 5.56 Å². The summed E-state index contributed by atoms with van der Waals surface area (Å²) in [6.07, 6.45) is 7.59. The number of fused-ring (bicyclic) bond motifs is 1. The molecule has 4 heterocycles. The predicted molar refractivity (Wildman–Crippen MR) is 113 cm³/mol. The third kappa shape index (κ3) is 3.79. The van der Waals surface area contributed by atoms with Gasteiger partial charge in [-0.25, -0.2) is 9.67 Å². The van der Waals surface area contributed by atoms with Gasteiger partial charge in [-0.1, -0.05) is 12.1 Å². The highest BCUT2D eigenvalue weighted by atomic mass is 16.5. The maximum absolute atomic E-state index is 5.46. The molecule has 1 N–H and O–H groups in total. The van der Waals surface area contributed by atoms with Gasteiger partial charge in [-0.2, -0.15) is 10.1 Å². The fraction of sp³-hybridized carbons (Fsp3) is 0.286. The molecule has 4 aromatic rings. The van der Waals surface area contributed by atoms with E-state index in [1.165, 1.54) is 11.3 Å². The van der Waals surface area contributed by atoms with Gasteiger partial charge in [0.15, 0.2) is 5.65 Å². The van der Waals surface area contributed by atoms with Crippen LogP contribution in [-0.2, 0) is 18.3 Å². The number of aromatic nitrogens is 5. The fourth-order valence-electron chi connectivity index (χ4n) is 3.59. The number of rotatable bonds is 5. The Balaban J connectivity index is 1.39. The zero-order chi connectivity index (χ0) is 19.6. The van der Waals surface area contributed by atoms with Crippen LogP contribution in [0.4, 0.5) is 17.3 Å². The third-order valence-electron chi connectivity index (χ3n) is 5.08. The van der Waals surface area contributed by atoms with Crippen LogP contribution in [0.5, 0.6) is 0 Å². The van der Waals surface area contributed by atoms with E-state index in [0.717, 1.165) is 43.0 Å². The van der Waals surface area contributed by atoms with Crippen LogP contribution in [0.2, 0.25) is 0 Å². The molecule has 148 valence electrons. The molecule has 1 fully saturated rings. The average molecular weight is 389 g/mol. The molecule has 0 bridgehead atoms. The van der Waals surface area contributed by atoms with Crippen molar-refractivity contribution in [1.82, 2.24) is 24.3 Å². The van der Waals surface area contributed by atoms with Gasteiger partial charge >= 0.3 is 0 Å².